The second kappa shape index (κ2) is 3.02. The van der Waals surface area contributed by atoms with Crippen molar-refractivity contribution in [2.45, 2.75) is 0 Å². The highest BCUT2D eigenvalue weighted by atomic mass is 16.5. The summed E-state index contributed by atoms with van der Waals surface area (Å²) in [6, 6.07) is 0. The molecule has 0 saturated carbocycles. The molecule has 0 aromatic heterocycles. The van der Waals surface area contributed by atoms with Gasteiger partial charge in [0.05, 0.1) is 13.2 Å². The van der Waals surface area contributed by atoms with Gasteiger partial charge in [-0.15, -0.1) is 0 Å². The number of morpholine rings is 1. The van der Waals surface area contributed by atoms with E-state index >= 15 is 0 Å². The summed E-state index contributed by atoms with van der Waals surface area (Å²) in [4.78, 5) is 1.23. The molecule has 1 aliphatic heterocycles. The molecule has 0 aromatic carbocycles. The highest BCUT2D eigenvalue weighted by molar-refractivity contribution is 4.34. The van der Waals surface area contributed by atoms with E-state index in [1.165, 1.54) is 4.90 Å². The first-order valence-electron chi connectivity index (χ1n) is 2.95. The molecule has 0 bridgehead atoms. The lowest BCUT2D eigenvalue weighted by atomic mass is 10.5. The minimum atomic E-state index is 0.253. The Morgan fingerprint density at radius 1 is 1.38 bits per heavy atom. The molecule has 2 N–H and O–H groups in total. The lowest BCUT2D eigenvalue weighted by Crippen LogP contribution is -3.14. The van der Waals surface area contributed by atoms with Gasteiger partial charge in [0, 0.05) is 0 Å². The van der Waals surface area contributed by atoms with Crippen LogP contribution >= 0.6 is 0 Å². The van der Waals surface area contributed by atoms with Gasteiger partial charge in [-0.1, -0.05) is 0 Å². The van der Waals surface area contributed by atoms with Crippen molar-refractivity contribution in [2.75, 3.05) is 33.0 Å². The predicted molar refractivity (Wildman–Crippen MR) is 28.6 cm³/mol. The molecule has 3 heteroatoms. The average molecular weight is 118 g/mol. The molecule has 0 unspecified atom stereocenters. The van der Waals surface area contributed by atoms with Gasteiger partial charge < -0.3 is 14.7 Å². The van der Waals surface area contributed by atoms with Crippen LogP contribution < -0.4 is 4.90 Å². The number of rotatable bonds is 1. The largest absolute Gasteiger partial charge is 0.370 e. The van der Waals surface area contributed by atoms with Crippen molar-refractivity contribution in [3.05, 3.63) is 0 Å². The van der Waals surface area contributed by atoms with E-state index in [2.05, 4.69) is 0 Å². The summed E-state index contributed by atoms with van der Waals surface area (Å²) in [5.41, 5.74) is 0. The second-order valence-electron chi connectivity index (χ2n) is 2.02. The molecule has 0 amide bonds. The normalized spacial score (nSPS) is 23.6. The first-order valence-corrected chi connectivity index (χ1v) is 2.95. The van der Waals surface area contributed by atoms with Gasteiger partial charge in [-0.2, -0.15) is 0 Å². The van der Waals surface area contributed by atoms with Gasteiger partial charge in [0.25, 0.3) is 0 Å². The van der Waals surface area contributed by atoms with Crippen molar-refractivity contribution >= 4 is 0 Å². The molecule has 0 atom stereocenters. The molecule has 1 saturated heterocycles. The van der Waals surface area contributed by atoms with E-state index in [9.17, 15) is 0 Å². The second-order valence-corrected chi connectivity index (χ2v) is 2.02. The van der Waals surface area contributed by atoms with Crippen molar-refractivity contribution in [2.24, 2.45) is 0 Å². The van der Waals surface area contributed by atoms with Crippen LogP contribution in [-0.4, -0.2) is 38.1 Å². The maximum Gasteiger partial charge on any atom is 0.178 e. The maximum absolute atomic E-state index is 8.60. The number of aliphatic hydroxyl groups is 1. The zero-order valence-electron chi connectivity index (χ0n) is 4.89. The van der Waals surface area contributed by atoms with Crippen LogP contribution in [0.5, 0.6) is 0 Å². The van der Waals surface area contributed by atoms with Gasteiger partial charge in [0.15, 0.2) is 6.73 Å². The minimum absolute atomic E-state index is 0.253. The Labute approximate surface area is 48.9 Å². The van der Waals surface area contributed by atoms with E-state index < -0.39 is 0 Å². The number of ether oxygens (including phenoxy) is 1. The molecular formula is C5H12NO2+. The summed E-state index contributed by atoms with van der Waals surface area (Å²) in [7, 11) is 0. The van der Waals surface area contributed by atoms with E-state index in [4.69, 9.17) is 9.84 Å². The summed E-state index contributed by atoms with van der Waals surface area (Å²) in [6.07, 6.45) is 0. The summed E-state index contributed by atoms with van der Waals surface area (Å²) in [6.45, 7) is 3.77. The first kappa shape index (κ1) is 6.01. The average Bonchev–Trinajstić information content (AvgIpc) is 1.90. The van der Waals surface area contributed by atoms with Crippen molar-refractivity contribution in [3.8, 4) is 0 Å². The Bertz CT molecular complexity index is 61.4. The fourth-order valence-corrected chi connectivity index (χ4v) is 0.818. The molecule has 1 heterocycles. The number of hydrogen-bond acceptors (Lipinski definition) is 2. The zero-order valence-corrected chi connectivity index (χ0v) is 4.89. The standard InChI is InChI=1S/C5H11NO2/c7-5-6-1-3-8-4-2-6/h7H,1-5H2/p+1. The molecule has 1 fully saturated rings. The lowest BCUT2D eigenvalue weighted by Gasteiger charge is -2.20. The monoisotopic (exact) mass is 118 g/mol. The molecule has 3 nitrogen and oxygen atoms in total. The smallest absolute Gasteiger partial charge is 0.178 e. The topological polar surface area (TPSA) is 33.9 Å². The van der Waals surface area contributed by atoms with E-state index in [1.807, 2.05) is 0 Å². The highest BCUT2D eigenvalue weighted by Crippen LogP contribution is 1.72. The van der Waals surface area contributed by atoms with Crippen molar-refractivity contribution in [3.63, 3.8) is 0 Å². The van der Waals surface area contributed by atoms with Crippen LogP contribution in [-0.2, 0) is 4.74 Å². The van der Waals surface area contributed by atoms with E-state index in [-0.39, 0.29) is 6.73 Å². The van der Waals surface area contributed by atoms with Crippen molar-refractivity contribution in [1.82, 2.24) is 0 Å². The van der Waals surface area contributed by atoms with Gasteiger partial charge >= 0.3 is 0 Å². The number of aliphatic hydroxyl groups excluding tert-OH is 1. The van der Waals surface area contributed by atoms with Gasteiger partial charge in [-0.05, 0) is 0 Å². The fourth-order valence-electron chi connectivity index (χ4n) is 0.818. The molecule has 0 radical (unpaired) electrons. The zero-order chi connectivity index (χ0) is 5.82. The maximum atomic E-state index is 8.60. The van der Waals surface area contributed by atoms with Crippen LogP contribution in [0.1, 0.15) is 0 Å². The number of nitrogens with one attached hydrogen (secondary N) is 1. The van der Waals surface area contributed by atoms with Crippen LogP contribution in [0.4, 0.5) is 0 Å². The third-order valence-corrected chi connectivity index (χ3v) is 1.42. The van der Waals surface area contributed by atoms with Gasteiger partial charge in [-0.25, -0.2) is 0 Å². The Hall–Kier alpha value is -0.120. The molecular weight excluding hydrogens is 106 g/mol. The molecule has 48 valence electrons. The van der Waals surface area contributed by atoms with Crippen LogP contribution in [0.25, 0.3) is 0 Å². The fraction of sp³-hybridized carbons (Fsp3) is 1.00. The summed E-state index contributed by atoms with van der Waals surface area (Å²) < 4.78 is 5.07. The lowest BCUT2D eigenvalue weighted by molar-refractivity contribution is -0.926. The Morgan fingerprint density at radius 2 is 2.00 bits per heavy atom. The van der Waals surface area contributed by atoms with Crippen LogP contribution in [0.15, 0.2) is 0 Å². The molecule has 0 aromatic rings. The summed E-state index contributed by atoms with van der Waals surface area (Å²) in [5.74, 6) is 0. The summed E-state index contributed by atoms with van der Waals surface area (Å²) in [5, 5.41) is 8.60. The quantitative estimate of drug-likeness (QED) is 0.411. The Kier molecular flexibility index (Phi) is 2.27. The van der Waals surface area contributed by atoms with Crippen LogP contribution in [0, 0.1) is 0 Å². The summed E-state index contributed by atoms with van der Waals surface area (Å²) >= 11 is 0. The van der Waals surface area contributed by atoms with Crippen molar-refractivity contribution < 1.29 is 14.7 Å². The third kappa shape index (κ3) is 1.43. The van der Waals surface area contributed by atoms with E-state index in [0.717, 1.165) is 26.3 Å². The van der Waals surface area contributed by atoms with E-state index in [1.54, 1.807) is 0 Å². The third-order valence-electron chi connectivity index (χ3n) is 1.42. The van der Waals surface area contributed by atoms with Crippen LogP contribution in [0.2, 0.25) is 0 Å². The van der Waals surface area contributed by atoms with Gasteiger partial charge in [0.2, 0.25) is 0 Å². The van der Waals surface area contributed by atoms with Gasteiger partial charge in [-0.3, -0.25) is 0 Å². The molecule has 1 aliphatic rings. The Balaban J connectivity index is 2.13. The minimum Gasteiger partial charge on any atom is -0.370 e. The molecule has 8 heavy (non-hydrogen) atoms. The van der Waals surface area contributed by atoms with Crippen molar-refractivity contribution in [1.29, 1.82) is 0 Å². The molecule has 0 spiro atoms. The van der Waals surface area contributed by atoms with Crippen LogP contribution in [0.3, 0.4) is 0 Å². The molecule has 1 rings (SSSR count). The first-order chi connectivity index (χ1) is 3.93. The predicted octanol–water partition coefficient (Wildman–Crippen LogP) is -2.15. The molecule has 0 aliphatic carbocycles. The van der Waals surface area contributed by atoms with E-state index in [0.29, 0.717) is 0 Å². The number of quaternary nitrogens is 1. The highest BCUT2D eigenvalue weighted by Gasteiger charge is 2.10. The number of hydrogen-bond donors (Lipinski definition) is 2. The van der Waals surface area contributed by atoms with Gasteiger partial charge in [0.1, 0.15) is 13.1 Å². The SMILES string of the molecule is OC[NH+]1CCOCC1. The Morgan fingerprint density at radius 3 is 2.38 bits per heavy atom.